The van der Waals surface area contributed by atoms with Crippen LogP contribution in [0.1, 0.15) is 0 Å². The van der Waals surface area contributed by atoms with E-state index in [1.807, 2.05) is 0 Å². The Hall–Kier alpha value is 1.57. The van der Waals surface area contributed by atoms with Gasteiger partial charge in [-0.15, -0.1) is 0 Å². The third-order valence-corrected chi connectivity index (χ3v) is 0. The van der Waals surface area contributed by atoms with Crippen molar-refractivity contribution in [3.63, 3.8) is 0 Å². The average Bonchev–Trinajstić information content (AvgIpc) is 0.722. The standard InChI is InChI=1S/Al.FH.Na.H3O4P/c;;;1-5(2,3)4/h;1H;;(H3,1,2,3,4)/q+3;;+1;/p-4. The van der Waals surface area contributed by atoms with Crippen LogP contribution in [0.5, 0.6) is 0 Å². The van der Waals surface area contributed by atoms with Crippen molar-refractivity contribution in [2.45, 2.75) is 0 Å². The molecule has 0 aromatic heterocycles. The molecule has 40 valence electrons. The summed E-state index contributed by atoms with van der Waals surface area (Å²) < 4.78 is 8.55. The van der Waals surface area contributed by atoms with Gasteiger partial charge in [-0.25, -0.2) is 0 Å². The molecule has 0 bridgehead atoms. The zero-order chi connectivity index (χ0) is 4.50. The second-order valence-corrected chi connectivity index (χ2v) is 1.34. The van der Waals surface area contributed by atoms with Gasteiger partial charge in [0.25, 0.3) is 0 Å². The molecule has 8 heavy (non-hydrogen) atoms. The second-order valence-electron chi connectivity index (χ2n) is 0.447. The van der Waals surface area contributed by atoms with E-state index in [-0.39, 0.29) is 51.6 Å². The molecule has 0 atom stereocenters. The van der Waals surface area contributed by atoms with Crippen molar-refractivity contribution in [1.29, 1.82) is 0 Å². The summed E-state index contributed by atoms with van der Waals surface area (Å²) in [6.45, 7) is 0. The van der Waals surface area contributed by atoms with Crippen molar-refractivity contribution >= 4 is 25.2 Å². The van der Waals surface area contributed by atoms with Crippen molar-refractivity contribution in [1.82, 2.24) is 0 Å². The van der Waals surface area contributed by atoms with Crippen LogP contribution in [-0.4, -0.2) is 17.4 Å². The minimum Gasteiger partial charge on any atom is -1.00 e. The molecule has 0 saturated heterocycles. The third-order valence-electron chi connectivity index (χ3n) is 0. The first-order valence-electron chi connectivity index (χ1n) is 0.730. The van der Waals surface area contributed by atoms with Crippen molar-refractivity contribution in [2.75, 3.05) is 0 Å². The van der Waals surface area contributed by atoms with Crippen molar-refractivity contribution in [3.8, 4) is 0 Å². The Morgan fingerprint density at radius 3 is 1.12 bits per heavy atom. The Morgan fingerprint density at radius 1 is 1.12 bits per heavy atom. The Balaban J connectivity index is -0.0000000267. The molecule has 0 rings (SSSR count). The minimum absolute atomic E-state index is 0. The van der Waals surface area contributed by atoms with E-state index in [9.17, 15) is 0 Å². The average molecular weight is 164 g/mol. The number of halogens is 1. The molecule has 0 aromatic rings. The van der Waals surface area contributed by atoms with Crippen LogP contribution in [0.4, 0.5) is 0 Å². The van der Waals surface area contributed by atoms with Gasteiger partial charge in [0, 0.05) is 0 Å². The van der Waals surface area contributed by atoms with Crippen LogP contribution in [0.15, 0.2) is 0 Å². The fourth-order valence-corrected chi connectivity index (χ4v) is 0. The predicted molar refractivity (Wildman–Crippen MR) is 13.4 cm³/mol. The van der Waals surface area contributed by atoms with Crippen LogP contribution in [0.25, 0.3) is 0 Å². The third kappa shape index (κ3) is 132. The fraction of sp³-hybridized carbons (Fsp3) is 0. The fourth-order valence-electron chi connectivity index (χ4n) is 0. The van der Waals surface area contributed by atoms with Gasteiger partial charge in [-0.05, 0) is 0 Å². The van der Waals surface area contributed by atoms with Gasteiger partial charge in [0.2, 0.25) is 0 Å². The SMILES string of the molecule is O=P([O-])([O-])[O-].[Al+3].[F-].[Na+]. The molecular weight excluding hydrogens is 164 g/mol. The molecule has 0 N–H and O–H groups in total. The predicted octanol–water partition coefficient (Wildman–Crippen LogP) is -9.20. The van der Waals surface area contributed by atoms with Crippen LogP contribution < -0.4 is 48.9 Å². The largest absolute Gasteiger partial charge is 3.00 e. The van der Waals surface area contributed by atoms with Gasteiger partial charge in [-0.2, -0.15) is 7.82 Å². The van der Waals surface area contributed by atoms with Gasteiger partial charge < -0.3 is 23.9 Å². The Kier molecular flexibility index (Phi) is 24.3. The Bertz CT molecular complexity index is 62.2. The molecule has 0 aromatic carbocycles. The number of phosphoric acid groups is 1. The van der Waals surface area contributed by atoms with Crippen LogP contribution in [0.2, 0.25) is 0 Å². The molecule has 4 nitrogen and oxygen atoms in total. The van der Waals surface area contributed by atoms with Crippen LogP contribution in [0, 0.1) is 0 Å². The van der Waals surface area contributed by atoms with Gasteiger partial charge in [-0.1, -0.05) is 0 Å². The molecule has 0 saturated carbocycles. The van der Waals surface area contributed by atoms with Crippen LogP contribution in [0.3, 0.4) is 0 Å². The summed E-state index contributed by atoms with van der Waals surface area (Å²) in [6.07, 6.45) is 0. The molecule has 0 aliphatic heterocycles. The molecule has 0 unspecified atom stereocenters. The quantitative estimate of drug-likeness (QED) is 0.262. The molecule has 8 heteroatoms. The number of hydrogen-bond donors (Lipinski definition) is 0. The van der Waals surface area contributed by atoms with Gasteiger partial charge in [0.1, 0.15) is 0 Å². The van der Waals surface area contributed by atoms with Gasteiger partial charge in [0.05, 0.1) is 0 Å². The summed E-state index contributed by atoms with van der Waals surface area (Å²) in [5, 5.41) is 0. The van der Waals surface area contributed by atoms with E-state index in [0.29, 0.717) is 0 Å². The van der Waals surface area contributed by atoms with E-state index in [0.717, 1.165) is 0 Å². The van der Waals surface area contributed by atoms with E-state index in [2.05, 4.69) is 0 Å². The van der Waals surface area contributed by atoms with Crippen molar-refractivity contribution in [2.24, 2.45) is 0 Å². The minimum atomic E-state index is -5.39. The first-order valence-corrected chi connectivity index (χ1v) is 2.19. The van der Waals surface area contributed by atoms with Crippen LogP contribution >= 0.6 is 7.82 Å². The molecule has 0 amide bonds. The summed E-state index contributed by atoms with van der Waals surface area (Å²) in [6, 6.07) is 0. The maximum Gasteiger partial charge on any atom is 3.00 e. The Morgan fingerprint density at radius 2 is 1.12 bits per heavy atom. The van der Waals surface area contributed by atoms with Crippen LogP contribution in [-0.2, 0) is 4.57 Å². The number of hydrogen-bond acceptors (Lipinski definition) is 4. The molecule has 0 spiro atoms. The Labute approximate surface area is 78.3 Å². The summed E-state index contributed by atoms with van der Waals surface area (Å²) in [5.74, 6) is 0. The van der Waals surface area contributed by atoms with E-state index in [1.54, 1.807) is 0 Å². The van der Waals surface area contributed by atoms with Gasteiger partial charge in [-0.3, -0.25) is 0 Å². The maximum atomic E-state index is 8.55. The summed E-state index contributed by atoms with van der Waals surface area (Å²) in [5.41, 5.74) is 0. The summed E-state index contributed by atoms with van der Waals surface area (Å²) in [7, 11) is -5.39. The monoisotopic (exact) mass is 164 g/mol. The summed E-state index contributed by atoms with van der Waals surface area (Å²) >= 11 is 0. The van der Waals surface area contributed by atoms with E-state index in [1.165, 1.54) is 0 Å². The van der Waals surface area contributed by atoms with E-state index < -0.39 is 7.82 Å². The second kappa shape index (κ2) is 8.57. The molecule has 0 radical (unpaired) electrons. The smallest absolute Gasteiger partial charge is 1.00 e. The van der Waals surface area contributed by atoms with Gasteiger partial charge in [0.15, 0.2) is 0 Å². The van der Waals surface area contributed by atoms with Crippen molar-refractivity contribution < 1.29 is 53.5 Å². The van der Waals surface area contributed by atoms with E-state index in [4.69, 9.17) is 19.2 Å². The molecule has 0 fully saturated rings. The normalized spacial score (nSPS) is 7.38. The van der Waals surface area contributed by atoms with E-state index >= 15 is 0 Å². The molecule has 0 heterocycles. The van der Waals surface area contributed by atoms with Gasteiger partial charge >= 0.3 is 46.9 Å². The summed E-state index contributed by atoms with van der Waals surface area (Å²) in [4.78, 5) is 25.6. The first kappa shape index (κ1) is 22.7. The zero-order valence-electron chi connectivity index (χ0n) is 4.04. The molecular formula is AlFNaO4P. The number of rotatable bonds is 0. The topological polar surface area (TPSA) is 86.2 Å². The maximum absolute atomic E-state index is 8.55. The molecule has 0 aliphatic rings. The first-order chi connectivity index (χ1) is 2.00. The van der Waals surface area contributed by atoms with Crippen molar-refractivity contribution in [3.05, 3.63) is 0 Å². The zero-order valence-corrected chi connectivity index (χ0v) is 8.08. The molecule has 0 aliphatic carbocycles.